The average Bonchev–Trinajstić information content (AvgIpc) is 2.52. The molecule has 0 saturated heterocycles. The summed E-state index contributed by atoms with van der Waals surface area (Å²) in [5.74, 6) is 0. The molecule has 0 aromatic rings. The quantitative estimate of drug-likeness (QED) is 0.344. The third kappa shape index (κ3) is 23.8. The van der Waals surface area contributed by atoms with Gasteiger partial charge in [-0.3, -0.25) is 0 Å². The van der Waals surface area contributed by atoms with Gasteiger partial charge in [0.1, 0.15) is 0 Å². The Balaban J connectivity index is 3.03. The molecule has 0 amide bonds. The monoisotopic (exact) mass is 362 g/mol. The molecular formula is C20H42O5. The molecule has 0 bridgehead atoms. The Labute approximate surface area is 155 Å². The van der Waals surface area contributed by atoms with Crippen molar-refractivity contribution in [3.05, 3.63) is 0 Å². The van der Waals surface area contributed by atoms with Crippen LogP contribution in [0.4, 0.5) is 0 Å². The van der Waals surface area contributed by atoms with Crippen molar-refractivity contribution in [3.63, 3.8) is 0 Å². The van der Waals surface area contributed by atoms with Gasteiger partial charge < -0.3 is 23.7 Å². The molecule has 5 heteroatoms. The maximum atomic E-state index is 5.61. The predicted molar refractivity (Wildman–Crippen MR) is 102 cm³/mol. The SMILES string of the molecule is CC(C)OCCOCCCCOCCCCOCCOCC(C)(C)C. The van der Waals surface area contributed by atoms with Crippen LogP contribution in [-0.2, 0) is 23.7 Å². The van der Waals surface area contributed by atoms with E-state index in [0.29, 0.717) is 26.4 Å². The van der Waals surface area contributed by atoms with Crippen molar-refractivity contribution in [2.24, 2.45) is 5.41 Å². The van der Waals surface area contributed by atoms with Gasteiger partial charge in [-0.15, -0.1) is 0 Å². The standard InChI is InChI=1S/C20H42O5/c1-19(2)25-17-16-23-13-9-7-11-21-10-6-8-12-22-14-15-24-18-20(3,4)5/h19H,6-18H2,1-5H3. The fourth-order valence-electron chi connectivity index (χ4n) is 1.96. The molecule has 0 aromatic heterocycles. The lowest BCUT2D eigenvalue weighted by Gasteiger charge is -2.17. The van der Waals surface area contributed by atoms with Gasteiger partial charge in [-0.25, -0.2) is 0 Å². The summed E-state index contributed by atoms with van der Waals surface area (Å²) in [6, 6.07) is 0. The zero-order chi connectivity index (χ0) is 18.8. The highest BCUT2D eigenvalue weighted by Gasteiger charge is 2.09. The molecule has 0 unspecified atom stereocenters. The molecule has 0 spiro atoms. The molecule has 0 aromatic carbocycles. The third-order valence-electron chi connectivity index (χ3n) is 3.24. The summed E-state index contributed by atoms with van der Waals surface area (Å²) >= 11 is 0. The molecule has 0 radical (unpaired) electrons. The number of ether oxygens (including phenoxy) is 5. The van der Waals surface area contributed by atoms with Gasteiger partial charge in [-0.05, 0) is 44.9 Å². The molecule has 5 nitrogen and oxygen atoms in total. The van der Waals surface area contributed by atoms with Crippen molar-refractivity contribution in [1.82, 2.24) is 0 Å². The fraction of sp³-hybridized carbons (Fsp3) is 1.00. The first-order chi connectivity index (χ1) is 11.9. The highest BCUT2D eigenvalue weighted by molar-refractivity contribution is 4.58. The summed E-state index contributed by atoms with van der Waals surface area (Å²) in [6.45, 7) is 17.3. The maximum Gasteiger partial charge on any atom is 0.0703 e. The van der Waals surface area contributed by atoms with E-state index in [1.54, 1.807) is 0 Å². The van der Waals surface area contributed by atoms with E-state index in [0.717, 1.165) is 58.7 Å². The Kier molecular flexibility index (Phi) is 17.1. The van der Waals surface area contributed by atoms with Crippen molar-refractivity contribution in [2.75, 3.05) is 59.5 Å². The molecule has 0 fully saturated rings. The average molecular weight is 363 g/mol. The summed E-state index contributed by atoms with van der Waals surface area (Å²) in [4.78, 5) is 0. The van der Waals surface area contributed by atoms with Crippen LogP contribution in [0.25, 0.3) is 0 Å². The van der Waals surface area contributed by atoms with Crippen LogP contribution < -0.4 is 0 Å². The Hall–Kier alpha value is -0.200. The zero-order valence-corrected chi connectivity index (χ0v) is 17.3. The van der Waals surface area contributed by atoms with Crippen LogP contribution in [0.5, 0.6) is 0 Å². The minimum atomic E-state index is 0.228. The van der Waals surface area contributed by atoms with Crippen LogP contribution in [0.15, 0.2) is 0 Å². The van der Waals surface area contributed by atoms with Crippen LogP contribution in [0, 0.1) is 5.41 Å². The van der Waals surface area contributed by atoms with Gasteiger partial charge in [0.15, 0.2) is 0 Å². The first-order valence-electron chi connectivity index (χ1n) is 9.84. The van der Waals surface area contributed by atoms with Gasteiger partial charge in [0.05, 0.1) is 39.1 Å². The summed E-state index contributed by atoms with van der Waals surface area (Å²) in [7, 11) is 0. The van der Waals surface area contributed by atoms with Crippen molar-refractivity contribution in [3.8, 4) is 0 Å². The molecule has 0 aliphatic heterocycles. The van der Waals surface area contributed by atoms with Gasteiger partial charge in [-0.2, -0.15) is 0 Å². The highest BCUT2D eigenvalue weighted by atomic mass is 16.5. The first kappa shape index (κ1) is 24.8. The van der Waals surface area contributed by atoms with Gasteiger partial charge >= 0.3 is 0 Å². The summed E-state index contributed by atoms with van der Waals surface area (Å²) in [5, 5.41) is 0. The lowest BCUT2D eigenvalue weighted by Crippen LogP contribution is -2.17. The molecule has 0 aliphatic rings. The zero-order valence-electron chi connectivity index (χ0n) is 17.3. The predicted octanol–water partition coefficient (Wildman–Crippen LogP) is 4.08. The Bertz CT molecular complexity index is 263. The first-order valence-corrected chi connectivity index (χ1v) is 9.84. The molecule has 25 heavy (non-hydrogen) atoms. The number of hydrogen-bond donors (Lipinski definition) is 0. The number of rotatable bonds is 18. The Morgan fingerprint density at radius 3 is 1.40 bits per heavy atom. The van der Waals surface area contributed by atoms with E-state index < -0.39 is 0 Å². The molecular weight excluding hydrogens is 320 g/mol. The van der Waals surface area contributed by atoms with Crippen LogP contribution in [0.1, 0.15) is 60.3 Å². The molecule has 152 valence electrons. The molecule has 0 atom stereocenters. The molecule has 0 saturated carbocycles. The van der Waals surface area contributed by atoms with Crippen LogP contribution in [0.2, 0.25) is 0 Å². The van der Waals surface area contributed by atoms with E-state index >= 15 is 0 Å². The minimum absolute atomic E-state index is 0.228. The topological polar surface area (TPSA) is 46.2 Å². The van der Waals surface area contributed by atoms with Crippen LogP contribution in [-0.4, -0.2) is 65.6 Å². The van der Waals surface area contributed by atoms with E-state index in [-0.39, 0.29) is 11.5 Å². The van der Waals surface area contributed by atoms with E-state index in [4.69, 9.17) is 23.7 Å². The van der Waals surface area contributed by atoms with E-state index in [1.807, 2.05) is 13.8 Å². The van der Waals surface area contributed by atoms with Crippen molar-refractivity contribution in [2.45, 2.75) is 66.4 Å². The van der Waals surface area contributed by atoms with Crippen LogP contribution >= 0.6 is 0 Å². The lowest BCUT2D eigenvalue weighted by atomic mass is 9.99. The third-order valence-corrected chi connectivity index (χ3v) is 3.24. The van der Waals surface area contributed by atoms with E-state index in [1.165, 1.54) is 0 Å². The Morgan fingerprint density at radius 1 is 0.560 bits per heavy atom. The van der Waals surface area contributed by atoms with Crippen molar-refractivity contribution < 1.29 is 23.7 Å². The summed E-state index contributed by atoms with van der Waals surface area (Å²) < 4.78 is 27.6. The van der Waals surface area contributed by atoms with Gasteiger partial charge in [0.2, 0.25) is 0 Å². The second kappa shape index (κ2) is 17.2. The highest BCUT2D eigenvalue weighted by Crippen LogP contribution is 2.12. The maximum absolute atomic E-state index is 5.61. The number of hydrogen-bond acceptors (Lipinski definition) is 5. The van der Waals surface area contributed by atoms with Gasteiger partial charge in [0.25, 0.3) is 0 Å². The minimum Gasteiger partial charge on any atom is -0.381 e. The molecule has 0 aliphatic carbocycles. The van der Waals surface area contributed by atoms with Gasteiger partial charge in [0, 0.05) is 26.4 Å². The Morgan fingerprint density at radius 2 is 0.960 bits per heavy atom. The molecule has 0 heterocycles. The van der Waals surface area contributed by atoms with Crippen molar-refractivity contribution in [1.29, 1.82) is 0 Å². The molecule has 0 N–H and O–H groups in total. The molecule has 0 rings (SSSR count). The number of unbranched alkanes of at least 4 members (excludes halogenated alkanes) is 2. The second-order valence-corrected chi connectivity index (χ2v) is 7.78. The summed E-state index contributed by atoms with van der Waals surface area (Å²) in [5.41, 5.74) is 0.228. The smallest absolute Gasteiger partial charge is 0.0703 e. The van der Waals surface area contributed by atoms with E-state index in [2.05, 4.69) is 20.8 Å². The summed E-state index contributed by atoms with van der Waals surface area (Å²) in [6.07, 6.45) is 4.46. The largest absolute Gasteiger partial charge is 0.381 e. The lowest BCUT2D eigenvalue weighted by molar-refractivity contribution is 0.0153. The van der Waals surface area contributed by atoms with Crippen molar-refractivity contribution >= 4 is 0 Å². The fourth-order valence-corrected chi connectivity index (χ4v) is 1.96. The van der Waals surface area contributed by atoms with Gasteiger partial charge in [-0.1, -0.05) is 20.8 Å². The van der Waals surface area contributed by atoms with Crippen LogP contribution in [0.3, 0.4) is 0 Å². The van der Waals surface area contributed by atoms with E-state index in [9.17, 15) is 0 Å². The second-order valence-electron chi connectivity index (χ2n) is 7.78. The normalized spacial score (nSPS) is 12.2.